The first-order valence-electron chi connectivity index (χ1n) is 6.45. The van der Waals surface area contributed by atoms with Gasteiger partial charge >= 0.3 is 0 Å². The van der Waals surface area contributed by atoms with Gasteiger partial charge in [-0.2, -0.15) is 5.10 Å². The summed E-state index contributed by atoms with van der Waals surface area (Å²) >= 11 is 0. The van der Waals surface area contributed by atoms with Crippen molar-refractivity contribution in [3.8, 4) is 0 Å². The Morgan fingerprint density at radius 2 is 2.06 bits per heavy atom. The van der Waals surface area contributed by atoms with Crippen molar-refractivity contribution >= 4 is 0 Å². The van der Waals surface area contributed by atoms with Gasteiger partial charge in [0, 0.05) is 18.8 Å². The Balaban J connectivity index is 2.37. The van der Waals surface area contributed by atoms with Gasteiger partial charge in [0.2, 0.25) is 0 Å². The molecule has 1 unspecified atom stereocenters. The zero-order valence-corrected chi connectivity index (χ0v) is 11.2. The fraction of sp³-hybridized carbons (Fsp3) is 0.400. The molecule has 0 fully saturated rings. The molecule has 1 heterocycles. The van der Waals surface area contributed by atoms with Gasteiger partial charge < -0.3 is 5.11 Å². The summed E-state index contributed by atoms with van der Waals surface area (Å²) in [5.74, 6) is 0. The first kappa shape index (κ1) is 12.8. The van der Waals surface area contributed by atoms with Gasteiger partial charge in [0.1, 0.15) is 6.10 Å². The zero-order valence-electron chi connectivity index (χ0n) is 11.2. The topological polar surface area (TPSA) is 38.0 Å². The van der Waals surface area contributed by atoms with E-state index in [0.717, 1.165) is 29.7 Å². The second-order valence-corrected chi connectivity index (χ2v) is 4.56. The third-order valence-corrected chi connectivity index (χ3v) is 3.24. The molecule has 1 aromatic carbocycles. The van der Waals surface area contributed by atoms with E-state index in [1.807, 2.05) is 25.4 Å². The molecule has 0 saturated carbocycles. The highest BCUT2D eigenvalue weighted by Crippen LogP contribution is 2.25. The molecule has 0 aliphatic heterocycles. The quantitative estimate of drug-likeness (QED) is 0.897. The number of rotatable bonds is 4. The lowest BCUT2D eigenvalue weighted by Crippen LogP contribution is -2.02. The van der Waals surface area contributed by atoms with E-state index in [1.165, 1.54) is 5.56 Å². The molecule has 96 valence electrons. The lowest BCUT2D eigenvalue weighted by atomic mass is 9.99. The largest absolute Gasteiger partial charge is 0.384 e. The number of aromatic nitrogens is 2. The van der Waals surface area contributed by atoms with Crippen LogP contribution in [0.4, 0.5) is 0 Å². The molecule has 3 heteroatoms. The van der Waals surface area contributed by atoms with Crippen molar-refractivity contribution in [1.29, 1.82) is 0 Å². The van der Waals surface area contributed by atoms with E-state index < -0.39 is 6.10 Å². The normalized spacial score (nSPS) is 12.7. The number of hydrogen-bond donors (Lipinski definition) is 1. The van der Waals surface area contributed by atoms with Crippen LogP contribution in [0.3, 0.4) is 0 Å². The van der Waals surface area contributed by atoms with Gasteiger partial charge in [-0.15, -0.1) is 0 Å². The van der Waals surface area contributed by atoms with Crippen molar-refractivity contribution in [1.82, 2.24) is 9.78 Å². The lowest BCUT2D eigenvalue weighted by Gasteiger charge is -2.11. The molecule has 2 rings (SSSR count). The SMILES string of the molecule is CCc1cccc(C(O)c2cn(C)nc2CC)c1. The molecule has 1 N–H and O–H groups in total. The number of hydrogen-bond acceptors (Lipinski definition) is 2. The maximum Gasteiger partial charge on any atom is 0.107 e. The van der Waals surface area contributed by atoms with Crippen LogP contribution >= 0.6 is 0 Å². The molecule has 1 aromatic heterocycles. The van der Waals surface area contributed by atoms with Crippen LogP contribution in [-0.2, 0) is 19.9 Å². The molecule has 18 heavy (non-hydrogen) atoms. The average Bonchev–Trinajstić information content (AvgIpc) is 2.79. The molecule has 0 bridgehead atoms. The number of aryl methyl sites for hydroxylation is 3. The van der Waals surface area contributed by atoms with E-state index in [9.17, 15) is 5.11 Å². The third kappa shape index (κ3) is 2.46. The Labute approximate surface area is 108 Å². The Morgan fingerprint density at radius 3 is 2.72 bits per heavy atom. The van der Waals surface area contributed by atoms with E-state index in [-0.39, 0.29) is 0 Å². The molecule has 0 spiro atoms. The van der Waals surface area contributed by atoms with Crippen LogP contribution in [0.25, 0.3) is 0 Å². The second-order valence-electron chi connectivity index (χ2n) is 4.56. The van der Waals surface area contributed by atoms with E-state index in [2.05, 4.69) is 31.1 Å². The number of benzene rings is 1. The molecule has 1 atom stereocenters. The Morgan fingerprint density at radius 1 is 1.28 bits per heavy atom. The minimum absolute atomic E-state index is 0.583. The Kier molecular flexibility index (Phi) is 3.82. The molecular weight excluding hydrogens is 224 g/mol. The lowest BCUT2D eigenvalue weighted by molar-refractivity contribution is 0.219. The summed E-state index contributed by atoms with van der Waals surface area (Å²) in [7, 11) is 1.89. The van der Waals surface area contributed by atoms with Crippen LogP contribution in [0.5, 0.6) is 0 Å². The summed E-state index contributed by atoms with van der Waals surface area (Å²) in [5.41, 5.74) is 4.06. The van der Waals surface area contributed by atoms with Gasteiger partial charge in [-0.05, 0) is 24.0 Å². The van der Waals surface area contributed by atoms with E-state index in [0.29, 0.717) is 0 Å². The molecule has 0 aliphatic carbocycles. The Bertz CT molecular complexity index is 531. The summed E-state index contributed by atoms with van der Waals surface area (Å²) in [6, 6.07) is 8.12. The second kappa shape index (κ2) is 5.36. The molecule has 3 nitrogen and oxygen atoms in total. The standard InChI is InChI=1S/C15H20N2O/c1-4-11-7-6-8-12(9-11)15(18)13-10-17(3)16-14(13)5-2/h6-10,15,18H,4-5H2,1-3H3. The van der Waals surface area contributed by atoms with Gasteiger partial charge in [0.25, 0.3) is 0 Å². The minimum Gasteiger partial charge on any atom is -0.384 e. The summed E-state index contributed by atoms with van der Waals surface area (Å²) in [6.07, 6.45) is 3.14. The molecule has 0 radical (unpaired) electrons. The first-order valence-corrected chi connectivity index (χ1v) is 6.45. The number of nitrogens with zero attached hydrogens (tertiary/aromatic N) is 2. The summed E-state index contributed by atoms with van der Waals surface area (Å²) in [6.45, 7) is 4.17. The maximum atomic E-state index is 10.5. The first-order chi connectivity index (χ1) is 8.65. The molecule has 0 amide bonds. The predicted molar refractivity (Wildman–Crippen MR) is 72.5 cm³/mol. The highest BCUT2D eigenvalue weighted by Gasteiger charge is 2.17. The van der Waals surface area contributed by atoms with Crippen LogP contribution in [0, 0.1) is 0 Å². The van der Waals surface area contributed by atoms with Crippen molar-refractivity contribution in [2.75, 3.05) is 0 Å². The molecule has 0 aliphatic rings. The molecule has 0 saturated heterocycles. The third-order valence-electron chi connectivity index (χ3n) is 3.24. The van der Waals surface area contributed by atoms with Crippen molar-refractivity contribution in [2.24, 2.45) is 7.05 Å². The summed E-state index contributed by atoms with van der Waals surface area (Å²) in [5, 5.41) is 14.9. The van der Waals surface area contributed by atoms with Crippen molar-refractivity contribution < 1.29 is 5.11 Å². The van der Waals surface area contributed by atoms with Crippen LogP contribution in [0.1, 0.15) is 42.3 Å². The highest BCUT2D eigenvalue weighted by molar-refractivity contribution is 5.33. The van der Waals surface area contributed by atoms with E-state index in [4.69, 9.17) is 0 Å². The van der Waals surface area contributed by atoms with Gasteiger partial charge in [-0.25, -0.2) is 0 Å². The van der Waals surface area contributed by atoms with Crippen molar-refractivity contribution in [3.63, 3.8) is 0 Å². The van der Waals surface area contributed by atoms with Crippen LogP contribution in [-0.4, -0.2) is 14.9 Å². The zero-order chi connectivity index (χ0) is 13.1. The maximum absolute atomic E-state index is 10.5. The smallest absolute Gasteiger partial charge is 0.107 e. The predicted octanol–water partition coefficient (Wildman–Crippen LogP) is 2.63. The van der Waals surface area contributed by atoms with E-state index >= 15 is 0 Å². The monoisotopic (exact) mass is 244 g/mol. The van der Waals surface area contributed by atoms with Gasteiger partial charge in [-0.3, -0.25) is 4.68 Å². The average molecular weight is 244 g/mol. The van der Waals surface area contributed by atoms with Crippen molar-refractivity contribution in [3.05, 3.63) is 52.8 Å². The van der Waals surface area contributed by atoms with Crippen LogP contribution in [0.15, 0.2) is 30.5 Å². The molecular formula is C15H20N2O. The van der Waals surface area contributed by atoms with Crippen LogP contribution < -0.4 is 0 Å². The van der Waals surface area contributed by atoms with Crippen molar-refractivity contribution in [2.45, 2.75) is 32.8 Å². The van der Waals surface area contributed by atoms with Crippen LogP contribution in [0.2, 0.25) is 0 Å². The van der Waals surface area contributed by atoms with Gasteiger partial charge in [0.05, 0.1) is 5.69 Å². The van der Waals surface area contributed by atoms with Gasteiger partial charge in [0.15, 0.2) is 0 Å². The highest BCUT2D eigenvalue weighted by atomic mass is 16.3. The number of aliphatic hydroxyl groups is 1. The minimum atomic E-state index is -0.583. The number of aliphatic hydroxyl groups excluding tert-OH is 1. The fourth-order valence-corrected chi connectivity index (χ4v) is 2.22. The van der Waals surface area contributed by atoms with E-state index in [1.54, 1.807) is 4.68 Å². The summed E-state index contributed by atoms with van der Waals surface area (Å²) in [4.78, 5) is 0. The summed E-state index contributed by atoms with van der Waals surface area (Å²) < 4.78 is 1.76. The molecule has 2 aromatic rings. The Hall–Kier alpha value is -1.61. The van der Waals surface area contributed by atoms with Gasteiger partial charge in [-0.1, -0.05) is 38.1 Å². The fourth-order valence-electron chi connectivity index (χ4n) is 2.22.